The van der Waals surface area contributed by atoms with E-state index in [4.69, 9.17) is 14.6 Å². The molecule has 1 fully saturated rings. The van der Waals surface area contributed by atoms with Gasteiger partial charge in [-0.15, -0.1) is 0 Å². The van der Waals surface area contributed by atoms with Crippen LogP contribution < -0.4 is 9.47 Å². The number of benzene rings is 3. The van der Waals surface area contributed by atoms with Crippen LogP contribution in [0.2, 0.25) is 0 Å². The monoisotopic (exact) mass is 511 g/mol. The van der Waals surface area contributed by atoms with E-state index in [0.717, 1.165) is 51.9 Å². The van der Waals surface area contributed by atoms with Gasteiger partial charge in [0, 0.05) is 32.2 Å². The summed E-state index contributed by atoms with van der Waals surface area (Å²) in [5, 5.41) is 15.9. The number of aliphatic hydroxyl groups excluding tert-OH is 1. The van der Waals surface area contributed by atoms with Crippen LogP contribution >= 0.6 is 0 Å². The van der Waals surface area contributed by atoms with Crippen molar-refractivity contribution in [2.45, 2.75) is 39.3 Å². The standard InChI is InChI=1S/C32H37N3O3/c1-23-10-9-14-28(18-23)38-32-29(31(33-34(32)3)26-12-5-4-6-13-26)21-35(19-25-16-17-25)20-27(36)22-37-30-15-8-7-11-24(30)2/h4-15,18,25,27,36H,16-17,19-22H2,1-3H3/t27-/m1/s1. The molecule has 0 spiro atoms. The fourth-order valence-corrected chi connectivity index (χ4v) is 4.79. The fourth-order valence-electron chi connectivity index (χ4n) is 4.79. The van der Waals surface area contributed by atoms with E-state index in [1.165, 1.54) is 12.8 Å². The molecule has 6 heteroatoms. The molecule has 0 bridgehead atoms. The van der Waals surface area contributed by atoms with Crippen molar-refractivity contribution >= 4 is 0 Å². The Morgan fingerprint density at radius 1 is 1.00 bits per heavy atom. The predicted molar refractivity (Wildman–Crippen MR) is 151 cm³/mol. The van der Waals surface area contributed by atoms with E-state index in [2.05, 4.69) is 30.0 Å². The highest BCUT2D eigenvalue weighted by Crippen LogP contribution is 2.36. The predicted octanol–water partition coefficient (Wildman–Crippen LogP) is 6.15. The lowest BCUT2D eigenvalue weighted by molar-refractivity contribution is 0.0635. The normalized spacial score (nSPS) is 14.0. The summed E-state index contributed by atoms with van der Waals surface area (Å²) in [7, 11) is 1.93. The zero-order chi connectivity index (χ0) is 26.5. The molecule has 3 aromatic carbocycles. The Kier molecular flexibility index (Phi) is 8.11. The number of hydrogen-bond acceptors (Lipinski definition) is 5. The number of hydrogen-bond donors (Lipinski definition) is 1. The van der Waals surface area contributed by atoms with Gasteiger partial charge >= 0.3 is 0 Å². The van der Waals surface area contributed by atoms with Crippen molar-refractivity contribution in [2.24, 2.45) is 13.0 Å². The molecule has 0 unspecified atom stereocenters. The van der Waals surface area contributed by atoms with Gasteiger partial charge in [0.2, 0.25) is 5.88 Å². The number of para-hydroxylation sites is 1. The third-order valence-electron chi connectivity index (χ3n) is 6.93. The lowest BCUT2D eigenvalue weighted by Gasteiger charge is -2.26. The van der Waals surface area contributed by atoms with Crippen molar-refractivity contribution < 1.29 is 14.6 Å². The molecule has 0 radical (unpaired) electrons. The van der Waals surface area contributed by atoms with E-state index in [1.807, 2.05) is 79.3 Å². The van der Waals surface area contributed by atoms with Gasteiger partial charge < -0.3 is 14.6 Å². The topological polar surface area (TPSA) is 59.8 Å². The first-order valence-electron chi connectivity index (χ1n) is 13.4. The zero-order valence-corrected chi connectivity index (χ0v) is 22.5. The first-order valence-corrected chi connectivity index (χ1v) is 13.4. The maximum atomic E-state index is 11.0. The van der Waals surface area contributed by atoms with Crippen molar-refractivity contribution in [3.63, 3.8) is 0 Å². The quantitative estimate of drug-likeness (QED) is 0.247. The van der Waals surface area contributed by atoms with E-state index in [0.29, 0.717) is 19.0 Å². The minimum absolute atomic E-state index is 0.247. The molecule has 1 saturated carbocycles. The van der Waals surface area contributed by atoms with E-state index in [9.17, 15) is 5.11 Å². The molecule has 1 atom stereocenters. The Labute approximate surface area is 225 Å². The van der Waals surface area contributed by atoms with Crippen LogP contribution in [-0.2, 0) is 13.6 Å². The molecular formula is C32H37N3O3. The molecule has 1 aromatic heterocycles. The molecule has 1 N–H and O–H groups in total. The van der Waals surface area contributed by atoms with Gasteiger partial charge in [0.05, 0.1) is 5.56 Å². The van der Waals surface area contributed by atoms with E-state index < -0.39 is 6.10 Å². The molecule has 5 rings (SSSR count). The summed E-state index contributed by atoms with van der Waals surface area (Å²) in [5.41, 5.74) is 5.18. The lowest BCUT2D eigenvalue weighted by atomic mass is 10.1. The van der Waals surface area contributed by atoms with E-state index >= 15 is 0 Å². The lowest BCUT2D eigenvalue weighted by Crippen LogP contribution is -2.36. The van der Waals surface area contributed by atoms with Crippen LogP contribution in [0, 0.1) is 19.8 Å². The van der Waals surface area contributed by atoms with Crippen molar-refractivity contribution in [3.05, 3.63) is 95.6 Å². The maximum absolute atomic E-state index is 11.0. The highest BCUT2D eigenvalue weighted by molar-refractivity contribution is 5.65. The minimum Gasteiger partial charge on any atom is -0.491 e. The summed E-state index contributed by atoms with van der Waals surface area (Å²) < 4.78 is 14.2. The fraction of sp³-hybridized carbons (Fsp3) is 0.344. The average Bonchev–Trinajstić information content (AvgIpc) is 3.68. The highest BCUT2D eigenvalue weighted by Gasteiger charge is 2.28. The van der Waals surface area contributed by atoms with Crippen molar-refractivity contribution in [2.75, 3.05) is 19.7 Å². The van der Waals surface area contributed by atoms with Gasteiger partial charge in [-0.1, -0.05) is 60.7 Å². The maximum Gasteiger partial charge on any atom is 0.222 e. The molecule has 1 aliphatic carbocycles. The van der Waals surface area contributed by atoms with Crippen LogP contribution in [0.25, 0.3) is 11.3 Å². The Balaban J connectivity index is 1.40. The van der Waals surface area contributed by atoms with Crippen LogP contribution in [0.4, 0.5) is 0 Å². The molecule has 38 heavy (non-hydrogen) atoms. The Morgan fingerprint density at radius 3 is 2.50 bits per heavy atom. The van der Waals surface area contributed by atoms with Crippen LogP contribution in [0.3, 0.4) is 0 Å². The largest absolute Gasteiger partial charge is 0.491 e. The van der Waals surface area contributed by atoms with Gasteiger partial charge in [-0.25, -0.2) is 4.68 Å². The molecule has 0 amide bonds. The van der Waals surface area contributed by atoms with Crippen molar-refractivity contribution in [1.82, 2.24) is 14.7 Å². The van der Waals surface area contributed by atoms with Gasteiger partial charge in [-0.05, 0) is 61.9 Å². The second kappa shape index (κ2) is 11.8. The molecule has 1 aliphatic rings. The van der Waals surface area contributed by atoms with Gasteiger partial charge in [-0.2, -0.15) is 5.10 Å². The van der Waals surface area contributed by atoms with Gasteiger partial charge in [-0.3, -0.25) is 4.90 Å². The Bertz CT molecular complexity index is 1350. The van der Waals surface area contributed by atoms with Crippen LogP contribution in [0.1, 0.15) is 29.5 Å². The Hall–Kier alpha value is -3.61. The van der Waals surface area contributed by atoms with Gasteiger partial charge in [0.15, 0.2) is 0 Å². The SMILES string of the molecule is Cc1cccc(Oc2c(CN(CC3CC3)C[C@@H](O)COc3ccccc3C)c(-c3ccccc3)nn2C)c1. The number of nitrogens with zero attached hydrogens (tertiary/aromatic N) is 3. The number of aryl methyl sites for hydroxylation is 3. The molecule has 4 aromatic rings. The Morgan fingerprint density at radius 2 is 1.76 bits per heavy atom. The molecule has 6 nitrogen and oxygen atoms in total. The van der Waals surface area contributed by atoms with E-state index in [1.54, 1.807) is 0 Å². The summed E-state index contributed by atoms with van der Waals surface area (Å²) >= 11 is 0. The van der Waals surface area contributed by atoms with Crippen molar-refractivity contribution in [1.29, 1.82) is 0 Å². The minimum atomic E-state index is -0.619. The second-order valence-corrected chi connectivity index (χ2v) is 10.4. The third kappa shape index (κ3) is 6.63. The highest BCUT2D eigenvalue weighted by atomic mass is 16.5. The smallest absolute Gasteiger partial charge is 0.222 e. The number of aromatic nitrogens is 2. The van der Waals surface area contributed by atoms with Crippen LogP contribution in [0.15, 0.2) is 78.9 Å². The van der Waals surface area contributed by atoms with Crippen LogP contribution in [0.5, 0.6) is 17.4 Å². The molecule has 1 heterocycles. The van der Waals surface area contributed by atoms with Gasteiger partial charge in [0.1, 0.15) is 29.9 Å². The molecule has 0 aliphatic heterocycles. The second-order valence-electron chi connectivity index (χ2n) is 10.4. The number of rotatable bonds is 12. The summed E-state index contributed by atoms with van der Waals surface area (Å²) in [4.78, 5) is 2.33. The summed E-state index contributed by atoms with van der Waals surface area (Å²) in [5.74, 6) is 2.99. The average molecular weight is 512 g/mol. The summed E-state index contributed by atoms with van der Waals surface area (Å²) in [6, 6.07) is 26.2. The summed E-state index contributed by atoms with van der Waals surface area (Å²) in [6.07, 6.45) is 1.85. The first kappa shape index (κ1) is 26.0. The first-order chi connectivity index (χ1) is 18.5. The summed E-state index contributed by atoms with van der Waals surface area (Å²) in [6.45, 7) is 6.38. The number of aliphatic hydroxyl groups is 1. The van der Waals surface area contributed by atoms with Crippen LogP contribution in [-0.4, -0.2) is 45.6 Å². The van der Waals surface area contributed by atoms with Crippen molar-refractivity contribution in [3.8, 4) is 28.6 Å². The molecule has 198 valence electrons. The third-order valence-corrected chi connectivity index (χ3v) is 6.93. The van der Waals surface area contributed by atoms with E-state index in [-0.39, 0.29) is 6.61 Å². The number of ether oxygens (including phenoxy) is 2. The molecule has 0 saturated heterocycles. The zero-order valence-electron chi connectivity index (χ0n) is 22.5. The van der Waals surface area contributed by atoms with Gasteiger partial charge in [0.25, 0.3) is 0 Å². The molecular weight excluding hydrogens is 474 g/mol.